The molecule has 2 N–H and O–H groups in total. The number of ether oxygens (including phenoxy) is 3. The molecule has 29 heavy (non-hydrogen) atoms. The Morgan fingerprint density at radius 3 is 1.97 bits per heavy atom. The van der Waals surface area contributed by atoms with E-state index in [0.29, 0.717) is 31.1 Å². The lowest BCUT2D eigenvalue weighted by atomic mass is 10.2. The third-order valence-electron chi connectivity index (χ3n) is 4.12. The smallest absolute Gasteiger partial charge is 0.337 e. The zero-order chi connectivity index (χ0) is 20.3. The van der Waals surface area contributed by atoms with Crippen molar-refractivity contribution in [1.82, 2.24) is 5.43 Å². The van der Waals surface area contributed by atoms with E-state index in [0.717, 1.165) is 17.0 Å². The molecule has 6 nitrogen and oxygen atoms in total. The molecule has 0 radical (unpaired) electrons. The lowest BCUT2D eigenvalue weighted by molar-refractivity contribution is 0.0600. The second kappa shape index (κ2) is 10.7. The molecule has 0 aliphatic rings. The minimum Gasteiger partial charge on any atom is -0.490 e. The SMILES string of the molecule is COC(=O)c1ccc(OCCOc2ccc(CNNc3ccccc3)cc2)cc1. The van der Waals surface area contributed by atoms with Gasteiger partial charge < -0.3 is 19.6 Å². The Balaban J connectivity index is 1.35. The van der Waals surface area contributed by atoms with Crippen LogP contribution in [0.3, 0.4) is 0 Å². The molecule has 3 rings (SSSR count). The number of rotatable bonds is 10. The van der Waals surface area contributed by atoms with Gasteiger partial charge in [0.25, 0.3) is 0 Å². The van der Waals surface area contributed by atoms with Crippen molar-refractivity contribution in [2.24, 2.45) is 0 Å². The maximum atomic E-state index is 11.4. The third-order valence-corrected chi connectivity index (χ3v) is 4.12. The Hall–Kier alpha value is -3.51. The van der Waals surface area contributed by atoms with Crippen LogP contribution in [0.25, 0.3) is 0 Å². The summed E-state index contributed by atoms with van der Waals surface area (Å²) in [6, 6.07) is 24.7. The van der Waals surface area contributed by atoms with Crippen LogP contribution in [0.2, 0.25) is 0 Å². The monoisotopic (exact) mass is 392 g/mol. The van der Waals surface area contributed by atoms with E-state index in [1.54, 1.807) is 24.3 Å². The molecule has 0 spiro atoms. The number of para-hydroxylation sites is 1. The van der Waals surface area contributed by atoms with Gasteiger partial charge in [-0.25, -0.2) is 10.2 Å². The molecule has 0 aliphatic heterocycles. The highest BCUT2D eigenvalue weighted by atomic mass is 16.5. The van der Waals surface area contributed by atoms with Gasteiger partial charge in [-0.3, -0.25) is 0 Å². The Bertz CT molecular complexity index is 881. The van der Waals surface area contributed by atoms with E-state index in [9.17, 15) is 4.79 Å². The summed E-state index contributed by atoms with van der Waals surface area (Å²) in [7, 11) is 1.36. The molecule has 0 saturated heterocycles. The van der Waals surface area contributed by atoms with E-state index in [-0.39, 0.29) is 5.97 Å². The lowest BCUT2D eigenvalue weighted by Crippen LogP contribution is -2.20. The fourth-order valence-electron chi connectivity index (χ4n) is 2.60. The van der Waals surface area contributed by atoms with Gasteiger partial charge in [0, 0.05) is 12.2 Å². The molecule has 0 heterocycles. The Morgan fingerprint density at radius 1 is 0.793 bits per heavy atom. The van der Waals surface area contributed by atoms with E-state index in [1.807, 2.05) is 54.6 Å². The first kappa shape index (κ1) is 20.2. The highest BCUT2D eigenvalue weighted by Crippen LogP contribution is 2.14. The van der Waals surface area contributed by atoms with Crippen LogP contribution < -0.4 is 20.3 Å². The van der Waals surface area contributed by atoms with Crippen LogP contribution in [0.4, 0.5) is 5.69 Å². The van der Waals surface area contributed by atoms with Crippen LogP contribution in [-0.4, -0.2) is 26.3 Å². The number of carbonyl (C=O) groups excluding carboxylic acids is 1. The van der Waals surface area contributed by atoms with Crippen LogP contribution in [-0.2, 0) is 11.3 Å². The van der Waals surface area contributed by atoms with Gasteiger partial charge in [-0.15, -0.1) is 0 Å². The molecular weight excluding hydrogens is 368 g/mol. The van der Waals surface area contributed by atoms with Crippen LogP contribution in [0, 0.1) is 0 Å². The summed E-state index contributed by atoms with van der Waals surface area (Å²) in [6.45, 7) is 1.52. The average molecular weight is 392 g/mol. The molecule has 0 saturated carbocycles. The number of esters is 1. The minimum absolute atomic E-state index is 0.366. The summed E-state index contributed by atoms with van der Waals surface area (Å²) in [6.07, 6.45) is 0. The number of carbonyl (C=O) groups is 1. The fraction of sp³-hybridized carbons (Fsp3) is 0.174. The van der Waals surface area contributed by atoms with Gasteiger partial charge in [0.05, 0.1) is 12.7 Å². The second-order valence-electron chi connectivity index (χ2n) is 6.20. The average Bonchev–Trinajstić information content (AvgIpc) is 2.78. The zero-order valence-electron chi connectivity index (χ0n) is 16.3. The molecular formula is C23H24N2O4. The first-order chi connectivity index (χ1) is 14.2. The first-order valence-corrected chi connectivity index (χ1v) is 9.31. The molecule has 0 aromatic heterocycles. The number of benzene rings is 3. The summed E-state index contributed by atoms with van der Waals surface area (Å²) in [4.78, 5) is 11.4. The summed E-state index contributed by atoms with van der Waals surface area (Å²) >= 11 is 0. The van der Waals surface area contributed by atoms with Crippen molar-refractivity contribution < 1.29 is 19.0 Å². The molecule has 150 valence electrons. The second-order valence-corrected chi connectivity index (χ2v) is 6.20. The van der Waals surface area contributed by atoms with Crippen molar-refractivity contribution in [3.8, 4) is 11.5 Å². The highest BCUT2D eigenvalue weighted by molar-refractivity contribution is 5.89. The van der Waals surface area contributed by atoms with E-state index in [1.165, 1.54) is 7.11 Å². The molecule has 0 fully saturated rings. The largest absolute Gasteiger partial charge is 0.490 e. The van der Waals surface area contributed by atoms with Gasteiger partial charge in [0.15, 0.2) is 0 Å². The van der Waals surface area contributed by atoms with Gasteiger partial charge >= 0.3 is 5.97 Å². The normalized spacial score (nSPS) is 10.2. The highest BCUT2D eigenvalue weighted by Gasteiger charge is 2.04. The topological polar surface area (TPSA) is 68.8 Å². The van der Waals surface area contributed by atoms with Crippen LogP contribution in [0.15, 0.2) is 78.9 Å². The lowest BCUT2D eigenvalue weighted by Gasteiger charge is -2.10. The Morgan fingerprint density at radius 2 is 1.38 bits per heavy atom. The maximum Gasteiger partial charge on any atom is 0.337 e. The molecule has 3 aromatic carbocycles. The summed E-state index contributed by atoms with van der Waals surface area (Å²) in [5, 5.41) is 0. The summed E-state index contributed by atoms with van der Waals surface area (Å²) in [5.74, 6) is 1.09. The van der Waals surface area contributed by atoms with Gasteiger partial charge in [0.2, 0.25) is 0 Å². The zero-order valence-corrected chi connectivity index (χ0v) is 16.3. The number of methoxy groups -OCH3 is 1. The Labute approximate surface area is 170 Å². The summed E-state index contributed by atoms with van der Waals surface area (Å²) < 4.78 is 16.0. The fourth-order valence-corrected chi connectivity index (χ4v) is 2.60. The van der Waals surface area contributed by atoms with E-state index < -0.39 is 0 Å². The van der Waals surface area contributed by atoms with Crippen molar-refractivity contribution in [2.45, 2.75) is 6.54 Å². The van der Waals surface area contributed by atoms with Gasteiger partial charge in [0.1, 0.15) is 24.7 Å². The van der Waals surface area contributed by atoms with Gasteiger partial charge in [-0.2, -0.15) is 0 Å². The van der Waals surface area contributed by atoms with Crippen molar-refractivity contribution in [1.29, 1.82) is 0 Å². The molecule has 6 heteroatoms. The minimum atomic E-state index is -0.366. The van der Waals surface area contributed by atoms with E-state index in [2.05, 4.69) is 15.6 Å². The van der Waals surface area contributed by atoms with Crippen molar-refractivity contribution >= 4 is 11.7 Å². The number of hydrazine groups is 1. The predicted molar refractivity (Wildman–Crippen MR) is 112 cm³/mol. The molecule has 0 amide bonds. The maximum absolute atomic E-state index is 11.4. The van der Waals surface area contributed by atoms with Crippen LogP contribution in [0.1, 0.15) is 15.9 Å². The molecule has 0 unspecified atom stereocenters. The number of hydrogen-bond acceptors (Lipinski definition) is 6. The number of anilines is 1. The van der Waals surface area contributed by atoms with E-state index >= 15 is 0 Å². The van der Waals surface area contributed by atoms with Crippen molar-refractivity contribution in [3.63, 3.8) is 0 Å². The molecule has 0 bridgehead atoms. The first-order valence-electron chi connectivity index (χ1n) is 9.31. The molecule has 3 aromatic rings. The van der Waals surface area contributed by atoms with Gasteiger partial charge in [-0.05, 0) is 54.1 Å². The molecule has 0 atom stereocenters. The number of nitrogens with one attached hydrogen (secondary N) is 2. The number of hydrogen-bond donors (Lipinski definition) is 2. The van der Waals surface area contributed by atoms with Crippen molar-refractivity contribution in [2.75, 3.05) is 25.7 Å². The van der Waals surface area contributed by atoms with E-state index in [4.69, 9.17) is 9.47 Å². The van der Waals surface area contributed by atoms with Crippen molar-refractivity contribution in [3.05, 3.63) is 90.0 Å². The third kappa shape index (κ3) is 6.55. The van der Waals surface area contributed by atoms with Gasteiger partial charge in [-0.1, -0.05) is 30.3 Å². The van der Waals surface area contributed by atoms with Crippen LogP contribution in [0.5, 0.6) is 11.5 Å². The quantitative estimate of drug-likeness (QED) is 0.308. The summed E-state index contributed by atoms with van der Waals surface area (Å²) in [5.41, 5.74) is 8.99. The standard InChI is InChI=1S/C23H24N2O4/c1-27-23(26)19-9-13-22(14-10-19)29-16-15-28-21-11-7-18(8-12-21)17-24-25-20-5-3-2-4-6-20/h2-14,24-25H,15-17H2,1H3. The molecule has 0 aliphatic carbocycles. The Kier molecular flexibility index (Phi) is 7.48. The van der Waals surface area contributed by atoms with Crippen LogP contribution >= 0.6 is 0 Å². The predicted octanol–water partition coefficient (Wildman–Crippen LogP) is 4.05.